The fourth-order valence-electron chi connectivity index (χ4n) is 2.32. The molecular formula is C17H25N3O2S. The van der Waals surface area contributed by atoms with E-state index in [2.05, 4.69) is 46.8 Å². The first kappa shape index (κ1) is 17.8. The maximum atomic E-state index is 5.82. The van der Waals surface area contributed by atoms with Crippen LogP contribution in [0, 0.1) is 13.8 Å². The Morgan fingerprint density at radius 2 is 1.87 bits per heavy atom. The van der Waals surface area contributed by atoms with E-state index in [0.717, 1.165) is 42.7 Å². The molecule has 0 atom stereocenters. The van der Waals surface area contributed by atoms with Crippen molar-refractivity contribution >= 4 is 11.8 Å². The average molecular weight is 335 g/mol. The number of thioether (sulfide) groups is 1. The van der Waals surface area contributed by atoms with Gasteiger partial charge in [0.25, 0.3) is 0 Å². The number of hydrogen-bond donors (Lipinski definition) is 0. The van der Waals surface area contributed by atoms with Crippen LogP contribution in [0.1, 0.15) is 24.0 Å². The molecule has 0 unspecified atom stereocenters. The van der Waals surface area contributed by atoms with Crippen molar-refractivity contribution in [3.05, 3.63) is 35.7 Å². The van der Waals surface area contributed by atoms with E-state index in [1.54, 1.807) is 25.2 Å². The Hall–Kier alpha value is -1.53. The molecule has 0 N–H and O–H groups in total. The lowest BCUT2D eigenvalue weighted by Gasteiger charge is -2.08. The zero-order valence-electron chi connectivity index (χ0n) is 14.1. The molecule has 2 rings (SSSR count). The van der Waals surface area contributed by atoms with Gasteiger partial charge in [-0.2, -0.15) is 0 Å². The van der Waals surface area contributed by atoms with Crippen LogP contribution in [-0.2, 0) is 11.3 Å². The molecule has 1 aromatic carbocycles. The van der Waals surface area contributed by atoms with E-state index in [-0.39, 0.29) is 0 Å². The van der Waals surface area contributed by atoms with Crippen LogP contribution in [0.15, 0.2) is 29.7 Å². The molecule has 0 aliphatic rings. The number of nitrogens with zero attached hydrogens (tertiary/aromatic N) is 3. The van der Waals surface area contributed by atoms with Gasteiger partial charge in [-0.05, 0) is 49.9 Å². The van der Waals surface area contributed by atoms with Crippen LogP contribution in [-0.4, -0.2) is 40.8 Å². The molecule has 1 heterocycles. The number of rotatable bonds is 10. The van der Waals surface area contributed by atoms with Crippen LogP contribution in [0.4, 0.5) is 0 Å². The fraction of sp³-hybridized carbons (Fsp3) is 0.529. The van der Waals surface area contributed by atoms with Crippen molar-refractivity contribution in [1.82, 2.24) is 14.8 Å². The molecule has 126 valence electrons. The summed E-state index contributed by atoms with van der Waals surface area (Å²) in [5.41, 5.74) is 2.47. The molecule has 2 aromatic rings. The average Bonchev–Trinajstić information content (AvgIpc) is 2.94. The van der Waals surface area contributed by atoms with Crippen LogP contribution >= 0.6 is 11.8 Å². The lowest BCUT2D eigenvalue weighted by atomic mass is 10.1. The van der Waals surface area contributed by atoms with Crippen LogP contribution < -0.4 is 4.74 Å². The molecule has 0 aliphatic carbocycles. The van der Waals surface area contributed by atoms with Gasteiger partial charge in [-0.15, -0.1) is 10.2 Å². The number of hydrogen-bond acceptors (Lipinski definition) is 5. The second kappa shape index (κ2) is 9.57. The van der Waals surface area contributed by atoms with Gasteiger partial charge < -0.3 is 14.0 Å². The summed E-state index contributed by atoms with van der Waals surface area (Å²) in [5, 5.41) is 9.12. The maximum Gasteiger partial charge on any atom is 0.190 e. The highest BCUT2D eigenvalue weighted by Gasteiger charge is 2.05. The van der Waals surface area contributed by atoms with Gasteiger partial charge in [0.15, 0.2) is 5.16 Å². The Labute approximate surface area is 142 Å². The van der Waals surface area contributed by atoms with Gasteiger partial charge in [-0.25, -0.2) is 0 Å². The third kappa shape index (κ3) is 6.23. The molecule has 0 radical (unpaired) electrons. The zero-order chi connectivity index (χ0) is 16.5. The highest BCUT2D eigenvalue weighted by molar-refractivity contribution is 7.99. The third-order valence-electron chi connectivity index (χ3n) is 3.31. The summed E-state index contributed by atoms with van der Waals surface area (Å²) in [7, 11) is 1.72. The van der Waals surface area contributed by atoms with Gasteiger partial charge in [0.2, 0.25) is 0 Å². The van der Waals surface area contributed by atoms with Crippen LogP contribution in [0.5, 0.6) is 5.75 Å². The van der Waals surface area contributed by atoms with E-state index < -0.39 is 0 Å². The lowest BCUT2D eigenvalue weighted by molar-refractivity contribution is 0.189. The van der Waals surface area contributed by atoms with Gasteiger partial charge in [0, 0.05) is 26.0 Å². The van der Waals surface area contributed by atoms with Crippen molar-refractivity contribution in [3.8, 4) is 5.75 Å². The third-order valence-corrected chi connectivity index (χ3v) is 4.38. The van der Waals surface area contributed by atoms with Gasteiger partial charge in [0.05, 0.1) is 6.61 Å². The van der Waals surface area contributed by atoms with E-state index in [4.69, 9.17) is 9.47 Å². The van der Waals surface area contributed by atoms with Crippen molar-refractivity contribution in [2.45, 2.75) is 38.4 Å². The summed E-state index contributed by atoms with van der Waals surface area (Å²) in [4.78, 5) is 0. The van der Waals surface area contributed by atoms with Crippen molar-refractivity contribution in [3.63, 3.8) is 0 Å². The summed E-state index contributed by atoms with van der Waals surface area (Å²) in [5.74, 6) is 1.92. The minimum Gasteiger partial charge on any atom is -0.494 e. The topological polar surface area (TPSA) is 49.2 Å². The highest BCUT2D eigenvalue weighted by Crippen LogP contribution is 2.18. The number of ether oxygens (including phenoxy) is 2. The molecular weight excluding hydrogens is 310 g/mol. The standard InChI is InChI=1S/C17H25N3O2S/c1-14-10-15(2)12-16(11-14)22-8-5-9-23-17-19-18-13-20(17)6-4-7-21-3/h10-13H,4-9H2,1-3H3. The summed E-state index contributed by atoms with van der Waals surface area (Å²) in [6.07, 6.45) is 3.73. The van der Waals surface area contributed by atoms with Crippen LogP contribution in [0.3, 0.4) is 0 Å². The fourth-order valence-corrected chi connectivity index (χ4v) is 3.17. The minimum absolute atomic E-state index is 0.716. The van der Waals surface area contributed by atoms with E-state index in [9.17, 15) is 0 Å². The first-order valence-corrected chi connectivity index (χ1v) is 8.88. The van der Waals surface area contributed by atoms with Crippen molar-refractivity contribution in [1.29, 1.82) is 0 Å². The molecule has 0 bridgehead atoms. The summed E-state index contributed by atoms with van der Waals surface area (Å²) >= 11 is 1.72. The molecule has 0 aliphatic heterocycles. The largest absolute Gasteiger partial charge is 0.494 e. The van der Waals surface area contributed by atoms with Crippen LogP contribution in [0.2, 0.25) is 0 Å². The number of methoxy groups -OCH3 is 1. The maximum absolute atomic E-state index is 5.82. The molecule has 0 spiro atoms. The summed E-state index contributed by atoms with van der Waals surface area (Å²) in [6.45, 7) is 6.54. The minimum atomic E-state index is 0.716. The van der Waals surface area contributed by atoms with Crippen molar-refractivity contribution < 1.29 is 9.47 Å². The number of benzene rings is 1. The number of aryl methyl sites for hydroxylation is 3. The smallest absolute Gasteiger partial charge is 0.190 e. The van der Waals surface area contributed by atoms with Crippen molar-refractivity contribution in [2.75, 3.05) is 26.1 Å². The highest BCUT2D eigenvalue weighted by atomic mass is 32.2. The second-order valence-corrected chi connectivity index (χ2v) is 6.59. The predicted octanol–water partition coefficient (Wildman–Crippen LogP) is 3.49. The molecule has 0 amide bonds. The Bertz CT molecular complexity index is 581. The molecule has 0 saturated carbocycles. The SMILES string of the molecule is COCCCn1cnnc1SCCCOc1cc(C)cc(C)c1. The van der Waals surface area contributed by atoms with Crippen molar-refractivity contribution in [2.24, 2.45) is 0 Å². The molecule has 0 fully saturated rings. The first-order chi connectivity index (χ1) is 11.2. The monoisotopic (exact) mass is 335 g/mol. The Kier molecular flexibility index (Phi) is 7.42. The van der Waals surface area contributed by atoms with Crippen LogP contribution in [0.25, 0.3) is 0 Å². The van der Waals surface area contributed by atoms with Gasteiger partial charge in [-0.1, -0.05) is 17.8 Å². The van der Waals surface area contributed by atoms with E-state index in [1.807, 2.05) is 0 Å². The molecule has 0 saturated heterocycles. The Balaban J connectivity index is 1.68. The lowest BCUT2D eigenvalue weighted by Crippen LogP contribution is -2.03. The Morgan fingerprint density at radius 1 is 1.09 bits per heavy atom. The molecule has 23 heavy (non-hydrogen) atoms. The first-order valence-electron chi connectivity index (χ1n) is 7.89. The Morgan fingerprint density at radius 3 is 2.61 bits per heavy atom. The second-order valence-electron chi connectivity index (χ2n) is 5.53. The van der Waals surface area contributed by atoms with E-state index in [1.165, 1.54) is 11.1 Å². The van der Waals surface area contributed by atoms with E-state index in [0.29, 0.717) is 6.61 Å². The normalized spacial score (nSPS) is 10.9. The van der Waals surface area contributed by atoms with Gasteiger partial charge >= 0.3 is 0 Å². The van der Waals surface area contributed by atoms with E-state index >= 15 is 0 Å². The summed E-state index contributed by atoms with van der Waals surface area (Å²) in [6, 6.07) is 6.30. The van der Waals surface area contributed by atoms with Gasteiger partial charge in [0.1, 0.15) is 12.1 Å². The number of aromatic nitrogens is 3. The quantitative estimate of drug-likeness (QED) is 0.491. The molecule has 6 heteroatoms. The van der Waals surface area contributed by atoms with Gasteiger partial charge in [-0.3, -0.25) is 0 Å². The zero-order valence-corrected chi connectivity index (χ0v) is 14.9. The molecule has 1 aromatic heterocycles. The predicted molar refractivity (Wildman–Crippen MR) is 93.3 cm³/mol. The summed E-state index contributed by atoms with van der Waals surface area (Å²) < 4.78 is 13.0. The molecule has 5 nitrogen and oxygen atoms in total.